The number of morpholine rings is 1. The molecule has 0 spiro atoms. The number of amides is 3. The number of hydrogen-bond acceptors (Lipinski definition) is 7. The van der Waals surface area contributed by atoms with Crippen LogP contribution in [0.25, 0.3) is 0 Å². The second-order valence-corrected chi connectivity index (χ2v) is 9.62. The van der Waals surface area contributed by atoms with Crippen LogP contribution in [0.1, 0.15) is 11.3 Å². The van der Waals surface area contributed by atoms with Gasteiger partial charge < -0.3 is 33.7 Å². The van der Waals surface area contributed by atoms with Crippen LogP contribution in [-0.4, -0.2) is 93.3 Å². The lowest BCUT2D eigenvalue weighted by Crippen LogP contribution is -2.48. The van der Waals surface area contributed by atoms with Crippen molar-refractivity contribution in [3.63, 3.8) is 0 Å². The third-order valence-corrected chi connectivity index (χ3v) is 6.92. The molecule has 3 amide bonds. The summed E-state index contributed by atoms with van der Waals surface area (Å²) >= 11 is 0. The normalized spacial score (nSPS) is 13.4. The second kappa shape index (κ2) is 15.1. The average Bonchev–Trinajstić information content (AvgIpc) is 3.52. The Hall–Kier alpha value is -4.09. The van der Waals surface area contributed by atoms with Gasteiger partial charge in [0.1, 0.15) is 18.1 Å². The fourth-order valence-corrected chi connectivity index (χ4v) is 4.54. The Morgan fingerprint density at radius 2 is 1.76 bits per heavy atom. The van der Waals surface area contributed by atoms with Crippen LogP contribution in [-0.2, 0) is 22.5 Å². The zero-order chi connectivity index (χ0) is 29.0. The number of nitrogens with zero attached hydrogens (tertiary/aromatic N) is 3. The fraction of sp³-hybridized carbons (Fsp3) is 0.400. The zero-order valence-corrected chi connectivity index (χ0v) is 23.5. The molecule has 0 atom stereocenters. The summed E-state index contributed by atoms with van der Waals surface area (Å²) in [5.41, 5.74) is 1.02. The monoisotopic (exact) mass is 568 g/mol. The van der Waals surface area contributed by atoms with Gasteiger partial charge in [0, 0.05) is 32.7 Å². The Balaban J connectivity index is 1.48. The first-order valence-corrected chi connectivity index (χ1v) is 13.6. The second-order valence-electron chi connectivity index (χ2n) is 9.62. The number of carbonyl (C=O) groups is 2. The van der Waals surface area contributed by atoms with E-state index in [0.29, 0.717) is 50.0 Å². The highest BCUT2D eigenvalue weighted by molar-refractivity contribution is 5.92. The molecule has 3 aromatic rings. The molecule has 1 saturated heterocycles. The largest absolute Gasteiger partial charge is 0.493 e. The highest BCUT2D eigenvalue weighted by Gasteiger charge is 2.24. The summed E-state index contributed by atoms with van der Waals surface area (Å²) in [6, 6.07) is 14.6. The highest BCUT2D eigenvalue weighted by atomic mass is 19.1. The summed E-state index contributed by atoms with van der Waals surface area (Å²) in [6.45, 7) is 4.01. The summed E-state index contributed by atoms with van der Waals surface area (Å²) in [6.07, 6.45) is 2.10. The van der Waals surface area contributed by atoms with Crippen LogP contribution < -0.4 is 14.8 Å². The number of para-hydroxylation sites is 1. The maximum absolute atomic E-state index is 14.3. The van der Waals surface area contributed by atoms with Crippen molar-refractivity contribution < 1.29 is 32.6 Å². The molecular formula is C30H37FN4O6. The van der Waals surface area contributed by atoms with E-state index in [9.17, 15) is 14.0 Å². The van der Waals surface area contributed by atoms with Gasteiger partial charge in [-0.25, -0.2) is 9.18 Å². The van der Waals surface area contributed by atoms with E-state index in [1.54, 1.807) is 49.6 Å². The van der Waals surface area contributed by atoms with Crippen LogP contribution in [0.4, 0.5) is 14.9 Å². The zero-order valence-electron chi connectivity index (χ0n) is 23.5. The van der Waals surface area contributed by atoms with Crippen LogP contribution in [0.3, 0.4) is 0 Å². The van der Waals surface area contributed by atoms with E-state index in [1.807, 2.05) is 18.2 Å². The minimum atomic E-state index is -0.547. The third kappa shape index (κ3) is 8.70. The Morgan fingerprint density at radius 3 is 2.46 bits per heavy atom. The Kier molecular flexibility index (Phi) is 11.0. The van der Waals surface area contributed by atoms with Crippen molar-refractivity contribution in [2.45, 2.75) is 13.0 Å². The van der Waals surface area contributed by atoms with E-state index < -0.39 is 11.8 Å². The fourth-order valence-electron chi connectivity index (χ4n) is 4.54. The van der Waals surface area contributed by atoms with Gasteiger partial charge in [0.25, 0.3) is 0 Å². The molecule has 220 valence electrons. The van der Waals surface area contributed by atoms with Crippen LogP contribution in [0.5, 0.6) is 11.5 Å². The van der Waals surface area contributed by atoms with Crippen molar-refractivity contribution in [1.29, 1.82) is 0 Å². The van der Waals surface area contributed by atoms with E-state index >= 15 is 0 Å². The number of benzene rings is 2. The van der Waals surface area contributed by atoms with Crippen LogP contribution in [0.15, 0.2) is 65.3 Å². The van der Waals surface area contributed by atoms with Gasteiger partial charge in [-0.2, -0.15) is 0 Å². The van der Waals surface area contributed by atoms with Gasteiger partial charge in [-0.1, -0.05) is 18.2 Å². The molecule has 2 heterocycles. The summed E-state index contributed by atoms with van der Waals surface area (Å²) in [5, 5.41) is 2.62. The number of nitrogens with one attached hydrogen (secondary N) is 1. The number of hydrogen-bond donors (Lipinski definition) is 1. The molecule has 0 unspecified atom stereocenters. The number of rotatable bonds is 13. The standard InChI is InChI=1S/C30H37FN4O6/c1-38-27-10-9-23(20-28(27)39-2)11-12-34(21-24-6-5-17-41-24)29(36)22-35(14-13-33-15-18-40-19-16-33)30(37)32-26-8-4-3-7-25(26)31/h3-10,17,20H,11-16,18-19,21-22H2,1-2H3,(H,32,37). The molecule has 1 fully saturated rings. The first kappa shape index (κ1) is 29.9. The molecule has 2 aromatic carbocycles. The molecule has 1 N–H and O–H groups in total. The van der Waals surface area contributed by atoms with E-state index in [-0.39, 0.29) is 31.2 Å². The van der Waals surface area contributed by atoms with Crippen molar-refractivity contribution in [2.24, 2.45) is 0 Å². The Labute approximate surface area is 239 Å². The maximum atomic E-state index is 14.3. The lowest BCUT2D eigenvalue weighted by Gasteiger charge is -2.31. The first-order chi connectivity index (χ1) is 20.0. The maximum Gasteiger partial charge on any atom is 0.322 e. The van der Waals surface area contributed by atoms with Crippen molar-refractivity contribution >= 4 is 17.6 Å². The number of urea groups is 1. The van der Waals surface area contributed by atoms with E-state index in [0.717, 1.165) is 18.7 Å². The molecule has 4 rings (SSSR count). The molecule has 1 aliphatic heterocycles. The topological polar surface area (TPSA) is 96.7 Å². The number of ether oxygens (including phenoxy) is 3. The van der Waals surface area contributed by atoms with Crippen molar-refractivity contribution in [3.8, 4) is 11.5 Å². The van der Waals surface area contributed by atoms with Gasteiger partial charge in [-0.05, 0) is 48.4 Å². The number of furan rings is 1. The van der Waals surface area contributed by atoms with Crippen LogP contribution >= 0.6 is 0 Å². The molecule has 1 aliphatic rings. The van der Waals surface area contributed by atoms with Gasteiger partial charge >= 0.3 is 6.03 Å². The Morgan fingerprint density at radius 1 is 0.976 bits per heavy atom. The SMILES string of the molecule is COc1ccc(CCN(Cc2ccco2)C(=O)CN(CCN2CCOCC2)C(=O)Nc2ccccc2F)cc1OC. The predicted octanol–water partition coefficient (Wildman–Crippen LogP) is 3.87. The molecule has 41 heavy (non-hydrogen) atoms. The number of halogens is 1. The van der Waals surface area contributed by atoms with Crippen molar-refractivity contribution in [3.05, 3.63) is 78.0 Å². The summed E-state index contributed by atoms with van der Waals surface area (Å²) in [5.74, 6) is 1.05. The number of methoxy groups -OCH3 is 2. The molecular weight excluding hydrogens is 531 g/mol. The smallest absolute Gasteiger partial charge is 0.322 e. The van der Waals surface area contributed by atoms with Crippen molar-refractivity contribution in [1.82, 2.24) is 14.7 Å². The Bertz CT molecular complexity index is 1270. The summed E-state index contributed by atoms with van der Waals surface area (Å²) < 4.78 is 36.0. The van der Waals surface area contributed by atoms with E-state index in [4.69, 9.17) is 18.6 Å². The minimum absolute atomic E-state index is 0.0576. The third-order valence-electron chi connectivity index (χ3n) is 6.92. The van der Waals surface area contributed by atoms with Gasteiger partial charge in [0.2, 0.25) is 5.91 Å². The lowest BCUT2D eigenvalue weighted by atomic mass is 10.1. The molecule has 0 aliphatic carbocycles. The first-order valence-electron chi connectivity index (χ1n) is 13.6. The molecule has 10 nitrogen and oxygen atoms in total. The van der Waals surface area contributed by atoms with Gasteiger partial charge in [0.15, 0.2) is 11.5 Å². The lowest BCUT2D eigenvalue weighted by molar-refractivity contribution is -0.132. The van der Waals surface area contributed by atoms with Gasteiger partial charge in [0.05, 0.1) is 45.9 Å². The van der Waals surface area contributed by atoms with Crippen molar-refractivity contribution in [2.75, 3.05) is 72.0 Å². The number of carbonyl (C=O) groups excluding carboxylic acids is 2. The molecule has 0 saturated carbocycles. The minimum Gasteiger partial charge on any atom is -0.493 e. The van der Waals surface area contributed by atoms with Gasteiger partial charge in [-0.3, -0.25) is 9.69 Å². The average molecular weight is 569 g/mol. The van der Waals surface area contributed by atoms with Gasteiger partial charge in [-0.15, -0.1) is 0 Å². The van der Waals surface area contributed by atoms with E-state index in [1.165, 1.54) is 17.0 Å². The quantitative estimate of drug-likeness (QED) is 0.334. The molecule has 1 aromatic heterocycles. The molecule has 11 heteroatoms. The van der Waals surface area contributed by atoms with E-state index in [2.05, 4.69) is 10.2 Å². The highest BCUT2D eigenvalue weighted by Crippen LogP contribution is 2.28. The summed E-state index contributed by atoms with van der Waals surface area (Å²) in [4.78, 5) is 32.3. The number of anilines is 1. The molecule has 0 radical (unpaired) electrons. The summed E-state index contributed by atoms with van der Waals surface area (Å²) in [7, 11) is 3.15. The van der Waals surface area contributed by atoms with Crippen LogP contribution in [0.2, 0.25) is 0 Å². The predicted molar refractivity (Wildman–Crippen MR) is 152 cm³/mol. The van der Waals surface area contributed by atoms with Crippen LogP contribution in [0, 0.1) is 5.82 Å². The molecule has 0 bridgehead atoms.